The second kappa shape index (κ2) is 10.4. The quantitative estimate of drug-likeness (QED) is 0.201. The molecule has 7 aromatic carbocycles. The third-order valence-corrected chi connectivity index (χ3v) is 9.24. The molecule has 0 saturated carbocycles. The second-order valence-electron chi connectivity index (χ2n) is 12.2. The summed E-state index contributed by atoms with van der Waals surface area (Å²) in [5, 5.41) is 2.52. The van der Waals surface area contributed by atoms with Gasteiger partial charge in [-0.1, -0.05) is 141 Å². The van der Waals surface area contributed by atoms with Crippen LogP contribution in [0.5, 0.6) is 0 Å². The Balaban J connectivity index is 1.32. The van der Waals surface area contributed by atoms with Crippen molar-refractivity contribution in [2.45, 2.75) is 19.3 Å². The molecule has 0 amide bonds. The second-order valence-corrected chi connectivity index (χ2v) is 12.2. The first-order valence-electron chi connectivity index (χ1n) is 15.4. The molecule has 0 aliphatic heterocycles. The number of anilines is 3. The van der Waals surface area contributed by atoms with E-state index >= 15 is 0 Å². The molecule has 0 atom stereocenters. The molecule has 1 aliphatic carbocycles. The van der Waals surface area contributed by atoms with Crippen LogP contribution in [0.15, 0.2) is 164 Å². The fourth-order valence-electron chi connectivity index (χ4n) is 7.02. The van der Waals surface area contributed by atoms with Crippen molar-refractivity contribution in [3.8, 4) is 33.4 Å². The predicted molar refractivity (Wildman–Crippen MR) is 187 cm³/mol. The standard InChI is InChI=1S/C43H33N/c1-43(2)41-24-9-8-22-39(41)40-26-25-36(29-42(40)43)44(34-19-10-17-32(27-34)30-13-4-3-5-14-30)35-20-11-18-33(28-35)38-23-12-16-31-15-6-7-21-37(31)38/h3-29H,1-2H3. The predicted octanol–water partition coefficient (Wildman–Crippen LogP) is 11.9. The molecular weight excluding hydrogens is 530 g/mol. The molecule has 0 heterocycles. The van der Waals surface area contributed by atoms with Crippen molar-refractivity contribution in [1.29, 1.82) is 0 Å². The monoisotopic (exact) mass is 563 g/mol. The van der Waals surface area contributed by atoms with Crippen LogP contribution in [0.2, 0.25) is 0 Å². The maximum Gasteiger partial charge on any atom is 0.0467 e. The summed E-state index contributed by atoms with van der Waals surface area (Å²) in [5.41, 5.74) is 13.6. The van der Waals surface area contributed by atoms with E-state index < -0.39 is 0 Å². The summed E-state index contributed by atoms with van der Waals surface area (Å²) in [6.07, 6.45) is 0. The summed E-state index contributed by atoms with van der Waals surface area (Å²) in [6.45, 7) is 4.70. The molecule has 0 bridgehead atoms. The van der Waals surface area contributed by atoms with Gasteiger partial charge in [0.15, 0.2) is 0 Å². The molecule has 1 heteroatoms. The van der Waals surface area contributed by atoms with Crippen molar-refractivity contribution < 1.29 is 0 Å². The molecule has 1 aliphatic rings. The molecule has 44 heavy (non-hydrogen) atoms. The average Bonchev–Trinajstić information content (AvgIpc) is 3.31. The van der Waals surface area contributed by atoms with E-state index in [-0.39, 0.29) is 5.41 Å². The Morgan fingerprint density at radius 2 is 0.955 bits per heavy atom. The van der Waals surface area contributed by atoms with E-state index in [0.29, 0.717) is 0 Å². The van der Waals surface area contributed by atoms with Gasteiger partial charge in [0.1, 0.15) is 0 Å². The van der Waals surface area contributed by atoms with Gasteiger partial charge in [-0.3, -0.25) is 0 Å². The van der Waals surface area contributed by atoms with Gasteiger partial charge in [0.25, 0.3) is 0 Å². The van der Waals surface area contributed by atoms with Gasteiger partial charge in [-0.15, -0.1) is 0 Å². The zero-order valence-corrected chi connectivity index (χ0v) is 25.0. The molecule has 0 fully saturated rings. The Morgan fingerprint density at radius 3 is 1.80 bits per heavy atom. The van der Waals surface area contributed by atoms with Crippen LogP contribution in [0.4, 0.5) is 17.1 Å². The molecule has 0 radical (unpaired) electrons. The molecule has 0 spiro atoms. The fraction of sp³-hybridized carbons (Fsp3) is 0.0698. The van der Waals surface area contributed by atoms with Gasteiger partial charge >= 0.3 is 0 Å². The molecule has 0 unspecified atom stereocenters. The summed E-state index contributed by atoms with van der Waals surface area (Å²) in [4.78, 5) is 2.42. The van der Waals surface area contributed by atoms with Gasteiger partial charge in [-0.2, -0.15) is 0 Å². The van der Waals surface area contributed by atoms with Crippen LogP contribution in [0.1, 0.15) is 25.0 Å². The van der Waals surface area contributed by atoms with Gasteiger partial charge in [0, 0.05) is 22.5 Å². The van der Waals surface area contributed by atoms with Crippen LogP contribution in [0.25, 0.3) is 44.2 Å². The average molecular weight is 564 g/mol. The number of benzene rings is 7. The van der Waals surface area contributed by atoms with Gasteiger partial charge in [-0.05, 0) is 91.7 Å². The van der Waals surface area contributed by atoms with Crippen molar-refractivity contribution in [2.75, 3.05) is 4.90 Å². The van der Waals surface area contributed by atoms with E-state index in [4.69, 9.17) is 0 Å². The SMILES string of the molecule is CC1(C)c2ccccc2-c2ccc(N(c3cccc(-c4ccccc4)c3)c3cccc(-c4cccc5ccccc45)c3)cc21. The molecule has 0 N–H and O–H groups in total. The number of rotatable bonds is 5. The zero-order valence-electron chi connectivity index (χ0n) is 25.0. The number of hydrogen-bond acceptors (Lipinski definition) is 1. The van der Waals surface area contributed by atoms with E-state index in [1.165, 1.54) is 55.3 Å². The lowest BCUT2D eigenvalue weighted by Gasteiger charge is -2.29. The normalized spacial score (nSPS) is 13.0. The highest BCUT2D eigenvalue weighted by molar-refractivity contribution is 5.97. The van der Waals surface area contributed by atoms with Crippen molar-refractivity contribution >= 4 is 27.8 Å². The number of fused-ring (bicyclic) bond motifs is 4. The van der Waals surface area contributed by atoms with Crippen LogP contribution in [0.3, 0.4) is 0 Å². The highest BCUT2D eigenvalue weighted by atomic mass is 15.1. The minimum atomic E-state index is -0.0791. The minimum absolute atomic E-state index is 0.0791. The molecular formula is C43H33N. The lowest BCUT2D eigenvalue weighted by Crippen LogP contribution is -2.16. The third-order valence-electron chi connectivity index (χ3n) is 9.24. The molecule has 7 aromatic rings. The van der Waals surface area contributed by atoms with Crippen LogP contribution in [-0.2, 0) is 5.41 Å². The van der Waals surface area contributed by atoms with Crippen molar-refractivity contribution in [1.82, 2.24) is 0 Å². The van der Waals surface area contributed by atoms with Crippen molar-refractivity contribution in [3.63, 3.8) is 0 Å². The Morgan fingerprint density at radius 1 is 0.386 bits per heavy atom. The fourth-order valence-corrected chi connectivity index (χ4v) is 7.02. The highest BCUT2D eigenvalue weighted by Crippen LogP contribution is 2.50. The molecule has 210 valence electrons. The third kappa shape index (κ3) is 4.32. The number of hydrogen-bond donors (Lipinski definition) is 0. The number of nitrogens with zero attached hydrogens (tertiary/aromatic N) is 1. The summed E-state index contributed by atoms with van der Waals surface area (Å²) in [5.74, 6) is 0. The first kappa shape index (κ1) is 26.2. The molecule has 0 saturated heterocycles. The van der Waals surface area contributed by atoms with Gasteiger partial charge < -0.3 is 4.90 Å². The molecule has 1 nitrogen and oxygen atoms in total. The van der Waals surface area contributed by atoms with Gasteiger partial charge in [0.05, 0.1) is 0 Å². The summed E-state index contributed by atoms with van der Waals surface area (Å²) in [7, 11) is 0. The minimum Gasteiger partial charge on any atom is -0.310 e. The summed E-state index contributed by atoms with van der Waals surface area (Å²) < 4.78 is 0. The first-order chi connectivity index (χ1) is 21.6. The zero-order chi connectivity index (χ0) is 29.7. The van der Waals surface area contributed by atoms with E-state index in [0.717, 1.165) is 17.1 Å². The Bertz CT molecular complexity index is 2150. The van der Waals surface area contributed by atoms with E-state index in [9.17, 15) is 0 Å². The lowest BCUT2D eigenvalue weighted by atomic mass is 9.82. The topological polar surface area (TPSA) is 3.24 Å². The summed E-state index contributed by atoms with van der Waals surface area (Å²) >= 11 is 0. The van der Waals surface area contributed by atoms with Crippen LogP contribution >= 0.6 is 0 Å². The van der Waals surface area contributed by atoms with E-state index in [1.807, 2.05) is 0 Å². The summed E-state index contributed by atoms with van der Waals surface area (Å²) in [6, 6.07) is 59.6. The maximum atomic E-state index is 2.42. The van der Waals surface area contributed by atoms with Crippen LogP contribution in [-0.4, -0.2) is 0 Å². The highest BCUT2D eigenvalue weighted by Gasteiger charge is 2.35. The van der Waals surface area contributed by atoms with E-state index in [2.05, 4.69) is 183 Å². The van der Waals surface area contributed by atoms with Gasteiger partial charge in [0.2, 0.25) is 0 Å². The van der Waals surface area contributed by atoms with Crippen molar-refractivity contribution in [3.05, 3.63) is 175 Å². The van der Waals surface area contributed by atoms with Crippen molar-refractivity contribution in [2.24, 2.45) is 0 Å². The maximum absolute atomic E-state index is 2.42. The molecule has 8 rings (SSSR count). The molecule has 0 aromatic heterocycles. The largest absolute Gasteiger partial charge is 0.310 e. The Kier molecular flexibility index (Phi) is 6.20. The smallest absolute Gasteiger partial charge is 0.0467 e. The Labute approximate surface area is 259 Å². The van der Waals surface area contributed by atoms with Crippen LogP contribution in [0, 0.1) is 0 Å². The Hall–Kier alpha value is -5.40. The van der Waals surface area contributed by atoms with Gasteiger partial charge in [-0.25, -0.2) is 0 Å². The lowest BCUT2D eigenvalue weighted by molar-refractivity contribution is 0.660. The van der Waals surface area contributed by atoms with Crippen LogP contribution < -0.4 is 4.90 Å². The van der Waals surface area contributed by atoms with E-state index in [1.54, 1.807) is 0 Å². The first-order valence-corrected chi connectivity index (χ1v) is 15.4.